The minimum Gasteiger partial charge on any atom is -0.385 e. The number of nitrogens with zero attached hydrogens (tertiary/aromatic N) is 3. The van der Waals surface area contributed by atoms with Gasteiger partial charge >= 0.3 is 0 Å². The molecule has 1 amide bonds. The average Bonchev–Trinajstić information content (AvgIpc) is 2.71. The van der Waals surface area contributed by atoms with E-state index < -0.39 is 11.5 Å². The number of rotatable bonds is 8. The second-order valence-electron chi connectivity index (χ2n) is 6.24. The second kappa shape index (κ2) is 9.18. The van der Waals surface area contributed by atoms with E-state index in [2.05, 4.69) is 15.3 Å². The Balaban J connectivity index is 1.78. The highest BCUT2D eigenvalue weighted by Crippen LogP contribution is 2.08. The van der Waals surface area contributed by atoms with Crippen LogP contribution in [0.2, 0.25) is 0 Å². The van der Waals surface area contributed by atoms with Gasteiger partial charge in [-0.15, -0.1) is 0 Å². The molecular weight excluding hydrogens is 363 g/mol. The van der Waals surface area contributed by atoms with E-state index in [-0.39, 0.29) is 11.5 Å². The SMILES string of the molecule is COCCCn1c(=O)c(C(=O)NCCc2ccc(F)cc2)nc2cccnc21. The normalized spacial score (nSPS) is 10.9. The van der Waals surface area contributed by atoms with E-state index in [1.165, 1.54) is 16.7 Å². The summed E-state index contributed by atoms with van der Waals surface area (Å²) >= 11 is 0. The molecule has 146 valence electrons. The molecule has 0 bridgehead atoms. The van der Waals surface area contributed by atoms with Crippen molar-refractivity contribution in [1.82, 2.24) is 19.9 Å². The largest absolute Gasteiger partial charge is 0.385 e. The number of carbonyl (C=O) groups is 1. The summed E-state index contributed by atoms with van der Waals surface area (Å²) in [7, 11) is 1.59. The second-order valence-corrected chi connectivity index (χ2v) is 6.24. The minimum atomic E-state index is -0.543. The number of ether oxygens (including phenoxy) is 1. The van der Waals surface area contributed by atoms with Gasteiger partial charge in [-0.2, -0.15) is 0 Å². The van der Waals surface area contributed by atoms with Crippen LogP contribution >= 0.6 is 0 Å². The first-order valence-electron chi connectivity index (χ1n) is 8.97. The first-order chi connectivity index (χ1) is 13.6. The molecule has 0 atom stereocenters. The van der Waals surface area contributed by atoms with Gasteiger partial charge in [-0.25, -0.2) is 14.4 Å². The molecule has 0 aliphatic rings. The fraction of sp³-hybridized carbons (Fsp3) is 0.300. The van der Waals surface area contributed by atoms with E-state index in [0.717, 1.165) is 5.56 Å². The Morgan fingerprint density at radius 3 is 2.79 bits per heavy atom. The molecule has 1 aromatic carbocycles. The Hall–Kier alpha value is -3.13. The van der Waals surface area contributed by atoms with E-state index in [1.807, 2.05) is 0 Å². The summed E-state index contributed by atoms with van der Waals surface area (Å²) in [6.45, 7) is 1.17. The molecule has 0 aliphatic carbocycles. The van der Waals surface area contributed by atoms with E-state index in [1.54, 1.807) is 37.6 Å². The number of fused-ring (bicyclic) bond motifs is 1. The van der Waals surface area contributed by atoms with Crippen molar-refractivity contribution < 1.29 is 13.9 Å². The summed E-state index contributed by atoms with van der Waals surface area (Å²) < 4.78 is 19.4. The van der Waals surface area contributed by atoms with Gasteiger partial charge in [0.05, 0.1) is 0 Å². The van der Waals surface area contributed by atoms with E-state index in [0.29, 0.717) is 43.7 Å². The minimum absolute atomic E-state index is 0.169. The molecule has 3 rings (SSSR count). The van der Waals surface area contributed by atoms with Crippen molar-refractivity contribution in [2.24, 2.45) is 0 Å². The number of halogens is 1. The van der Waals surface area contributed by atoms with Gasteiger partial charge in [0.2, 0.25) is 0 Å². The molecular formula is C20H21FN4O3. The fourth-order valence-electron chi connectivity index (χ4n) is 2.85. The lowest BCUT2D eigenvalue weighted by molar-refractivity contribution is 0.0947. The molecule has 1 N–H and O–H groups in total. The van der Waals surface area contributed by atoms with E-state index in [9.17, 15) is 14.0 Å². The summed E-state index contributed by atoms with van der Waals surface area (Å²) in [4.78, 5) is 33.8. The smallest absolute Gasteiger partial charge is 0.283 e. The number of hydrogen-bond donors (Lipinski definition) is 1. The van der Waals surface area contributed by atoms with Crippen molar-refractivity contribution in [3.8, 4) is 0 Å². The first kappa shape index (κ1) is 19.6. The number of aryl methyl sites for hydroxylation is 1. The van der Waals surface area contributed by atoms with Crippen LogP contribution in [0.5, 0.6) is 0 Å². The Bertz CT molecular complexity index is 1020. The number of amides is 1. The van der Waals surface area contributed by atoms with Crippen LogP contribution in [0.1, 0.15) is 22.5 Å². The van der Waals surface area contributed by atoms with Crippen molar-refractivity contribution in [2.75, 3.05) is 20.3 Å². The van der Waals surface area contributed by atoms with Crippen molar-refractivity contribution in [3.63, 3.8) is 0 Å². The molecule has 2 heterocycles. The first-order valence-corrected chi connectivity index (χ1v) is 8.97. The van der Waals surface area contributed by atoms with Crippen LogP contribution in [-0.4, -0.2) is 40.7 Å². The van der Waals surface area contributed by atoms with Crippen LogP contribution < -0.4 is 10.9 Å². The van der Waals surface area contributed by atoms with Crippen molar-refractivity contribution in [1.29, 1.82) is 0 Å². The summed E-state index contributed by atoms with van der Waals surface area (Å²) in [6.07, 6.45) is 2.71. The average molecular weight is 384 g/mol. The maximum absolute atomic E-state index is 13.0. The van der Waals surface area contributed by atoms with Gasteiger partial charge in [0.25, 0.3) is 11.5 Å². The van der Waals surface area contributed by atoms with E-state index in [4.69, 9.17) is 4.74 Å². The molecule has 0 unspecified atom stereocenters. The third-order valence-electron chi connectivity index (χ3n) is 4.26. The number of hydrogen-bond acceptors (Lipinski definition) is 5. The lowest BCUT2D eigenvalue weighted by atomic mass is 10.1. The van der Waals surface area contributed by atoms with Gasteiger partial charge in [0, 0.05) is 33.0 Å². The quantitative estimate of drug-likeness (QED) is 0.600. The molecule has 0 fully saturated rings. The maximum atomic E-state index is 13.0. The lowest BCUT2D eigenvalue weighted by Gasteiger charge is -2.11. The molecule has 3 aromatic rings. The van der Waals surface area contributed by atoms with Crippen LogP contribution in [0.3, 0.4) is 0 Å². The fourth-order valence-corrected chi connectivity index (χ4v) is 2.85. The summed E-state index contributed by atoms with van der Waals surface area (Å²) in [5, 5.41) is 2.71. The highest BCUT2D eigenvalue weighted by molar-refractivity contribution is 5.93. The standard InChI is InChI=1S/C20H21FN4O3/c1-28-13-3-12-25-18-16(4-2-10-22-18)24-17(20(25)27)19(26)23-11-9-14-5-7-15(21)8-6-14/h2,4-8,10H,3,9,11-13H2,1H3,(H,23,26). The number of methoxy groups -OCH3 is 1. The Labute approximate surface area is 161 Å². The lowest BCUT2D eigenvalue weighted by Crippen LogP contribution is -2.36. The van der Waals surface area contributed by atoms with Crippen LogP contribution in [0.25, 0.3) is 11.2 Å². The summed E-state index contributed by atoms with van der Waals surface area (Å²) in [5.41, 5.74) is 1.14. The molecule has 7 nitrogen and oxygen atoms in total. The maximum Gasteiger partial charge on any atom is 0.283 e. The zero-order chi connectivity index (χ0) is 19.9. The van der Waals surface area contributed by atoms with Crippen LogP contribution in [0, 0.1) is 5.82 Å². The molecule has 0 radical (unpaired) electrons. The third-order valence-corrected chi connectivity index (χ3v) is 4.26. The molecule has 0 saturated heterocycles. The number of nitrogens with one attached hydrogen (secondary N) is 1. The molecule has 0 aliphatic heterocycles. The van der Waals surface area contributed by atoms with Gasteiger partial charge < -0.3 is 10.1 Å². The third kappa shape index (κ3) is 4.58. The van der Waals surface area contributed by atoms with Gasteiger partial charge in [0.15, 0.2) is 11.3 Å². The number of benzene rings is 1. The highest BCUT2D eigenvalue weighted by Gasteiger charge is 2.17. The topological polar surface area (TPSA) is 86.1 Å². The van der Waals surface area contributed by atoms with Crippen LogP contribution in [0.15, 0.2) is 47.4 Å². The number of carbonyl (C=O) groups excluding carboxylic acids is 1. The van der Waals surface area contributed by atoms with Crippen LogP contribution in [0.4, 0.5) is 4.39 Å². The van der Waals surface area contributed by atoms with Crippen molar-refractivity contribution >= 4 is 17.1 Å². The molecule has 0 spiro atoms. The Morgan fingerprint density at radius 1 is 1.25 bits per heavy atom. The monoisotopic (exact) mass is 384 g/mol. The molecule has 2 aromatic heterocycles. The van der Waals surface area contributed by atoms with Gasteiger partial charge in [-0.3, -0.25) is 14.2 Å². The summed E-state index contributed by atoms with van der Waals surface area (Å²) in [5.74, 6) is -0.853. The molecule has 28 heavy (non-hydrogen) atoms. The van der Waals surface area contributed by atoms with E-state index >= 15 is 0 Å². The highest BCUT2D eigenvalue weighted by atomic mass is 19.1. The Morgan fingerprint density at radius 2 is 2.04 bits per heavy atom. The number of pyridine rings is 1. The molecule has 0 saturated carbocycles. The zero-order valence-electron chi connectivity index (χ0n) is 15.5. The van der Waals surface area contributed by atoms with Crippen molar-refractivity contribution in [3.05, 3.63) is 70.0 Å². The zero-order valence-corrected chi connectivity index (χ0v) is 15.5. The Kier molecular flexibility index (Phi) is 6.44. The van der Waals surface area contributed by atoms with Crippen molar-refractivity contribution in [2.45, 2.75) is 19.4 Å². The van der Waals surface area contributed by atoms with Gasteiger partial charge in [0.1, 0.15) is 11.3 Å². The van der Waals surface area contributed by atoms with Gasteiger partial charge in [-0.05, 0) is 42.7 Å². The predicted octanol–water partition coefficient (Wildman–Crippen LogP) is 1.94. The molecule has 8 heteroatoms. The van der Waals surface area contributed by atoms with Gasteiger partial charge in [-0.1, -0.05) is 12.1 Å². The predicted molar refractivity (Wildman–Crippen MR) is 103 cm³/mol. The summed E-state index contributed by atoms with van der Waals surface area (Å²) in [6, 6.07) is 9.47. The number of aromatic nitrogens is 3. The van der Waals surface area contributed by atoms with Crippen LogP contribution in [-0.2, 0) is 17.7 Å².